The van der Waals surface area contributed by atoms with Crippen LogP contribution in [0.15, 0.2) is 84.3 Å². The van der Waals surface area contributed by atoms with E-state index in [2.05, 4.69) is 36.3 Å². The number of nitrogens with zero attached hydrogens (tertiary/aromatic N) is 1. The molecule has 4 rings (SSSR count). The predicted octanol–water partition coefficient (Wildman–Crippen LogP) is 6.06. The highest BCUT2D eigenvalue weighted by Gasteiger charge is 2.27. The van der Waals surface area contributed by atoms with E-state index in [9.17, 15) is 14.9 Å². The van der Waals surface area contributed by atoms with E-state index in [4.69, 9.17) is 4.74 Å². The Balaban J connectivity index is 1.45. The maximum Gasteiger partial charge on any atom is 0.269 e. The molecule has 1 aliphatic heterocycles. The van der Waals surface area contributed by atoms with Crippen molar-refractivity contribution < 1.29 is 14.5 Å². The van der Waals surface area contributed by atoms with Gasteiger partial charge in [0.1, 0.15) is 12.4 Å². The van der Waals surface area contributed by atoms with Gasteiger partial charge in [-0.3, -0.25) is 14.9 Å². The Bertz CT molecular complexity index is 1300. The van der Waals surface area contributed by atoms with Crippen LogP contribution in [0, 0.1) is 10.1 Å². The van der Waals surface area contributed by atoms with Crippen LogP contribution in [0.2, 0.25) is 0 Å². The summed E-state index contributed by atoms with van der Waals surface area (Å²) in [5, 5.41) is 17.3. The zero-order valence-electron chi connectivity index (χ0n) is 19.9. The van der Waals surface area contributed by atoms with E-state index in [0.717, 1.165) is 23.2 Å². The molecule has 3 aromatic carbocycles. The van der Waals surface area contributed by atoms with Crippen molar-refractivity contribution >= 4 is 35.1 Å². The fraction of sp³-hybridized carbons (Fsp3) is 0.179. The molecule has 1 saturated heterocycles. The number of nitro benzene ring substituents is 1. The minimum absolute atomic E-state index is 0.0301. The van der Waals surface area contributed by atoms with Crippen molar-refractivity contribution in [3.63, 3.8) is 0 Å². The monoisotopic (exact) mass is 501 g/mol. The van der Waals surface area contributed by atoms with Crippen LogP contribution in [0.5, 0.6) is 5.75 Å². The SMILES string of the molecule is C=CCc1cc(/C=C2\S[C@H](Nc3ccc(CC)cc3)NC2=O)ccc1OCc1cccc([N+](=O)[O-])c1. The minimum Gasteiger partial charge on any atom is -0.489 e. The number of ether oxygens (including phenoxy) is 1. The molecule has 0 aromatic heterocycles. The Hall–Kier alpha value is -4.04. The Labute approximate surface area is 214 Å². The summed E-state index contributed by atoms with van der Waals surface area (Å²) in [6, 6.07) is 20.3. The molecule has 3 aromatic rings. The van der Waals surface area contributed by atoms with Crippen LogP contribution >= 0.6 is 11.8 Å². The predicted molar refractivity (Wildman–Crippen MR) is 145 cm³/mol. The molecule has 0 spiro atoms. The first kappa shape index (κ1) is 25.1. The second kappa shape index (κ2) is 11.6. The number of allylic oxidation sites excluding steroid dienone is 1. The highest BCUT2D eigenvalue weighted by atomic mass is 32.2. The Morgan fingerprint density at radius 2 is 1.94 bits per heavy atom. The molecular formula is C28H27N3O4S. The first-order valence-corrected chi connectivity index (χ1v) is 12.5. The molecule has 0 unspecified atom stereocenters. The second-order valence-corrected chi connectivity index (χ2v) is 9.40. The van der Waals surface area contributed by atoms with Gasteiger partial charge in [0.05, 0.1) is 9.83 Å². The summed E-state index contributed by atoms with van der Waals surface area (Å²) in [6.07, 6.45) is 5.21. The Kier molecular flexibility index (Phi) is 8.07. The van der Waals surface area contributed by atoms with Crippen molar-refractivity contribution in [3.05, 3.63) is 117 Å². The summed E-state index contributed by atoms with van der Waals surface area (Å²) >= 11 is 1.44. The van der Waals surface area contributed by atoms with Gasteiger partial charge in [-0.15, -0.1) is 6.58 Å². The second-order valence-electron chi connectivity index (χ2n) is 8.25. The van der Waals surface area contributed by atoms with Crippen LogP contribution in [0.1, 0.15) is 29.2 Å². The van der Waals surface area contributed by atoms with Gasteiger partial charge in [0, 0.05) is 17.8 Å². The Morgan fingerprint density at radius 3 is 2.67 bits per heavy atom. The minimum atomic E-state index is -0.422. The number of carbonyl (C=O) groups is 1. The summed E-state index contributed by atoms with van der Waals surface area (Å²) in [5.41, 5.74) is 4.49. The van der Waals surface area contributed by atoms with Crippen molar-refractivity contribution in [1.29, 1.82) is 0 Å². The van der Waals surface area contributed by atoms with E-state index < -0.39 is 4.92 Å². The summed E-state index contributed by atoms with van der Waals surface area (Å²) < 4.78 is 5.97. The molecule has 1 heterocycles. The quantitative estimate of drug-likeness (QED) is 0.152. The average molecular weight is 502 g/mol. The van der Waals surface area contributed by atoms with Gasteiger partial charge in [0.15, 0.2) is 5.50 Å². The third-order valence-electron chi connectivity index (χ3n) is 5.65. The van der Waals surface area contributed by atoms with E-state index in [1.54, 1.807) is 18.2 Å². The molecule has 1 aliphatic rings. The van der Waals surface area contributed by atoms with Crippen LogP contribution < -0.4 is 15.4 Å². The van der Waals surface area contributed by atoms with Gasteiger partial charge in [0.2, 0.25) is 0 Å². The summed E-state index contributed by atoms with van der Waals surface area (Å²) in [4.78, 5) is 23.8. The smallest absolute Gasteiger partial charge is 0.269 e. The first-order chi connectivity index (χ1) is 17.4. The van der Waals surface area contributed by atoms with E-state index in [1.807, 2.05) is 36.4 Å². The number of nitrogens with one attached hydrogen (secondary N) is 2. The number of anilines is 1. The third-order valence-corrected chi connectivity index (χ3v) is 6.68. The molecule has 0 radical (unpaired) electrons. The van der Waals surface area contributed by atoms with Crippen molar-refractivity contribution in [2.24, 2.45) is 0 Å². The number of thioether (sulfide) groups is 1. The number of benzene rings is 3. The van der Waals surface area contributed by atoms with Gasteiger partial charge in [-0.25, -0.2) is 0 Å². The van der Waals surface area contributed by atoms with Gasteiger partial charge in [-0.2, -0.15) is 0 Å². The molecule has 2 N–H and O–H groups in total. The summed E-state index contributed by atoms with van der Waals surface area (Å²) in [5.74, 6) is 0.543. The van der Waals surface area contributed by atoms with Crippen LogP contribution in [0.3, 0.4) is 0 Å². The number of rotatable bonds is 10. The highest BCUT2D eigenvalue weighted by Crippen LogP contribution is 2.31. The summed E-state index contributed by atoms with van der Waals surface area (Å²) in [6.45, 7) is 6.15. The lowest BCUT2D eigenvalue weighted by atomic mass is 10.1. The number of carbonyl (C=O) groups excluding carboxylic acids is 1. The van der Waals surface area contributed by atoms with Crippen LogP contribution in [0.4, 0.5) is 11.4 Å². The fourth-order valence-electron chi connectivity index (χ4n) is 3.77. The van der Waals surface area contributed by atoms with Crippen molar-refractivity contribution in [3.8, 4) is 5.75 Å². The fourth-order valence-corrected chi connectivity index (χ4v) is 4.76. The topological polar surface area (TPSA) is 93.5 Å². The molecule has 8 heteroatoms. The number of hydrogen-bond donors (Lipinski definition) is 2. The largest absolute Gasteiger partial charge is 0.489 e. The Morgan fingerprint density at radius 1 is 1.14 bits per heavy atom. The lowest BCUT2D eigenvalue weighted by molar-refractivity contribution is -0.384. The molecule has 0 aliphatic carbocycles. The van der Waals surface area contributed by atoms with Gasteiger partial charge in [0.25, 0.3) is 11.6 Å². The third kappa shape index (κ3) is 6.34. The standard InChI is InChI=1S/C28H27N3O4S/c1-3-6-22-15-20(11-14-25(22)35-18-21-7-5-8-24(16-21)31(33)34)17-26-27(32)30-28(36-26)29-23-12-9-19(4-2)10-13-23/h3,5,7-17,28-29H,1,4,6,18H2,2H3,(H,30,32)/b26-17-/t28-/m1/s1. The maximum atomic E-state index is 12.6. The van der Waals surface area contributed by atoms with E-state index >= 15 is 0 Å². The number of nitro groups is 1. The number of non-ortho nitro benzene ring substituents is 1. The molecule has 1 atom stereocenters. The molecule has 1 amide bonds. The molecule has 0 bridgehead atoms. The van der Waals surface area contributed by atoms with Gasteiger partial charge in [-0.05, 0) is 65.4 Å². The van der Waals surface area contributed by atoms with Crippen LogP contribution in [-0.2, 0) is 24.2 Å². The molecule has 7 nitrogen and oxygen atoms in total. The van der Waals surface area contributed by atoms with Crippen molar-refractivity contribution in [2.75, 3.05) is 5.32 Å². The van der Waals surface area contributed by atoms with E-state index in [0.29, 0.717) is 22.6 Å². The number of amides is 1. The lowest BCUT2D eigenvalue weighted by Crippen LogP contribution is -2.30. The van der Waals surface area contributed by atoms with E-state index in [-0.39, 0.29) is 23.7 Å². The van der Waals surface area contributed by atoms with Crippen molar-refractivity contribution in [1.82, 2.24) is 5.32 Å². The molecular weight excluding hydrogens is 474 g/mol. The average Bonchev–Trinajstić information content (AvgIpc) is 3.22. The van der Waals surface area contributed by atoms with Gasteiger partial charge in [-0.1, -0.05) is 55.1 Å². The zero-order valence-corrected chi connectivity index (χ0v) is 20.7. The number of hydrogen-bond acceptors (Lipinski definition) is 6. The number of aryl methyl sites for hydroxylation is 1. The normalized spacial score (nSPS) is 16.0. The zero-order chi connectivity index (χ0) is 25.5. The van der Waals surface area contributed by atoms with Gasteiger partial charge < -0.3 is 15.4 Å². The van der Waals surface area contributed by atoms with E-state index in [1.165, 1.54) is 29.5 Å². The first-order valence-electron chi connectivity index (χ1n) is 11.6. The summed E-state index contributed by atoms with van der Waals surface area (Å²) in [7, 11) is 0. The maximum absolute atomic E-state index is 12.6. The molecule has 36 heavy (non-hydrogen) atoms. The molecule has 0 saturated carbocycles. The lowest BCUT2D eigenvalue weighted by Gasteiger charge is -2.13. The molecule has 184 valence electrons. The van der Waals surface area contributed by atoms with Crippen LogP contribution in [0.25, 0.3) is 6.08 Å². The van der Waals surface area contributed by atoms with Crippen LogP contribution in [-0.4, -0.2) is 16.3 Å². The van der Waals surface area contributed by atoms with Crippen molar-refractivity contribution in [2.45, 2.75) is 31.9 Å². The van der Waals surface area contributed by atoms with Gasteiger partial charge >= 0.3 is 0 Å². The highest BCUT2D eigenvalue weighted by molar-refractivity contribution is 8.05. The molecule has 1 fully saturated rings.